The predicted octanol–water partition coefficient (Wildman–Crippen LogP) is 1.94. The van der Waals surface area contributed by atoms with E-state index in [1.54, 1.807) is 19.2 Å². The van der Waals surface area contributed by atoms with Crippen LogP contribution in [0.1, 0.15) is 37.0 Å². The SMILES string of the molecule is CCC(CC)(CN)NC(=O)c1ccccc1OC. The Balaban J connectivity index is 2.94. The first-order valence-electron chi connectivity index (χ1n) is 6.28. The van der Waals surface area contributed by atoms with E-state index in [2.05, 4.69) is 5.32 Å². The monoisotopic (exact) mass is 250 g/mol. The number of nitrogens with two attached hydrogens (primary N) is 1. The second-order valence-electron chi connectivity index (χ2n) is 4.35. The fraction of sp³-hybridized carbons (Fsp3) is 0.500. The molecule has 1 aromatic carbocycles. The molecule has 18 heavy (non-hydrogen) atoms. The Morgan fingerprint density at radius 1 is 1.33 bits per heavy atom. The van der Waals surface area contributed by atoms with Gasteiger partial charge < -0.3 is 15.8 Å². The summed E-state index contributed by atoms with van der Waals surface area (Å²) in [6.07, 6.45) is 1.61. The van der Waals surface area contributed by atoms with E-state index in [1.807, 2.05) is 26.0 Å². The predicted molar refractivity (Wildman–Crippen MR) is 72.8 cm³/mol. The van der Waals surface area contributed by atoms with Crippen molar-refractivity contribution in [2.75, 3.05) is 13.7 Å². The van der Waals surface area contributed by atoms with Crippen LogP contribution in [0.25, 0.3) is 0 Å². The van der Waals surface area contributed by atoms with Crippen molar-refractivity contribution in [2.45, 2.75) is 32.2 Å². The molecule has 0 aliphatic carbocycles. The van der Waals surface area contributed by atoms with Crippen LogP contribution in [0.2, 0.25) is 0 Å². The van der Waals surface area contributed by atoms with Crippen LogP contribution in [0.15, 0.2) is 24.3 Å². The molecule has 0 saturated heterocycles. The molecule has 0 atom stereocenters. The lowest BCUT2D eigenvalue weighted by molar-refractivity contribution is 0.0892. The molecule has 0 radical (unpaired) electrons. The normalized spacial score (nSPS) is 11.1. The standard InChI is InChI=1S/C14H22N2O2/c1-4-14(5-2,10-15)16-13(17)11-8-6-7-9-12(11)18-3/h6-9H,4-5,10,15H2,1-3H3,(H,16,17). The number of hydrogen-bond donors (Lipinski definition) is 2. The molecule has 0 fully saturated rings. The van der Waals surface area contributed by atoms with Gasteiger partial charge in [0, 0.05) is 6.54 Å². The van der Waals surface area contributed by atoms with Gasteiger partial charge >= 0.3 is 0 Å². The van der Waals surface area contributed by atoms with E-state index in [4.69, 9.17) is 10.5 Å². The summed E-state index contributed by atoms with van der Waals surface area (Å²) >= 11 is 0. The summed E-state index contributed by atoms with van der Waals surface area (Å²) in [6.45, 7) is 4.48. The van der Waals surface area contributed by atoms with Gasteiger partial charge in [-0.05, 0) is 25.0 Å². The third-order valence-electron chi connectivity index (χ3n) is 3.47. The van der Waals surface area contributed by atoms with Crippen LogP contribution < -0.4 is 15.8 Å². The minimum absolute atomic E-state index is 0.137. The second-order valence-corrected chi connectivity index (χ2v) is 4.35. The summed E-state index contributed by atoms with van der Waals surface area (Å²) in [5.41, 5.74) is 5.99. The third-order valence-corrected chi connectivity index (χ3v) is 3.47. The number of carbonyl (C=O) groups excluding carboxylic acids is 1. The lowest BCUT2D eigenvalue weighted by Gasteiger charge is -2.31. The molecular formula is C14H22N2O2. The smallest absolute Gasteiger partial charge is 0.255 e. The van der Waals surface area contributed by atoms with Crippen molar-refractivity contribution >= 4 is 5.91 Å². The Morgan fingerprint density at radius 2 is 1.94 bits per heavy atom. The van der Waals surface area contributed by atoms with Gasteiger partial charge in [0.1, 0.15) is 5.75 Å². The highest BCUT2D eigenvalue weighted by molar-refractivity contribution is 5.97. The van der Waals surface area contributed by atoms with Crippen molar-refractivity contribution in [2.24, 2.45) is 5.73 Å². The largest absolute Gasteiger partial charge is 0.496 e. The molecule has 1 aromatic rings. The molecule has 1 rings (SSSR count). The highest BCUT2D eigenvalue weighted by Gasteiger charge is 2.27. The maximum absolute atomic E-state index is 12.3. The number of methoxy groups -OCH3 is 1. The van der Waals surface area contributed by atoms with Gasteiger partial charge in [0.15, 0.2) is 0 Å². The van der Waals surface area contributed by atoms with Gasteiger partial charge in [-0.1, -0.05) is 26.0 Å². The molecule has 100 valence electrons. The lowest BCUT2D eigenvalue weighted by atomic mass is 9.92. The molecule has 4 heteroatoms. The van der Waals surface area contributed by atoms with Gasteiger partial charge in [0.25, 0.3) is 5.91 Å². The number of benzene rings is 1. The number of para-hydroxylation sites is 1. The molecule has 0 heterocycles. The molecule has 4 nitrogen and oxygen atoms in total. The summed E-state index contributed by atoms with van der Waals surface area (Å²) < 4.78 is 5.19. The first kappa shape index (κ1) is 14.5. The summed E-state index contributed by atoms with van der Waals surface area (Å²) in [6, 6.07) is 7.18. The fourth-order valence-corrected chi connectivity index (χ4v) is 1.91. The molecule has 0 spiro atoms. The van der Waals surface area contributed by atoms with E-state index in [-0.39, 0.29) is 11.4 Å². The zero-order valence-electron chi connectivity index (χ0n) is 11.3. The Kier molecular flexibility index (Phi) is 5.16. The van der Waals surface area contributed by atoms with Gasteiger partial charge in [-0.2, -0.15) is 0 Å². The van der Waals surface area contributed by atoms with Crippen LogP contribution in [0.4, 0.5) is 0 Å². The highest BCUT2D eigenvalue weighted by atomic mass is 16.5. The van der Waals surface area contributed by atoms with Gasteiger partial charge in [0.05, 0.1) is 18.2 Å². The van der Waals surface area contributed by atoms with Crippen LogP contribution in [-0.4, -0.2) is 25.1 Å². The van der Waals surface area contributed by atoms with Crippen molar-refractivity contribution in [3.63, 3.8) is 0 Å². The van der Waals surface area contributed by atoms with Crippen LogP contribution in [0.3, 0.4) is 0 Å². The van der Waals surface area contributed by atoms with E-state index < -0.39 is 0 Å². The average Bonchev–Trinajstić information content (AvgIpc) is 2.44. The number of carbonyl (C=O) groups is 1. The zero-order valence-corrected chi connectivity index (χ0v) is 11.3. The Morgan fingerprint density at radius 3 is 2.44 bits per heavy atom. The number of hydrogen-bond acceptors (Lipinski definition) is 3. The Labute approximate surface area is 109 Å². The van der Waals surface area contributed by atoms with Crippen LogP contribution in [0.5, 0.6) is 5.75 Å². The molecule has 0 saturated carbocycles. The lowest BCUT2D eigenvalue weighted by Crippen LogP contribution is -2.52. The highest BCUT2D eigenvalue weighted by Crippen LogP contribution is 2.20. The molecular weight excluding hydrogens is 228 g/mol. The maximum Gasteiger partial charge on any atom is 0.255 e. The van der Waals surface area contributed by atoms with Gasteiger partial charge in [-0.3, -0.25) is 4.79 Å². The van der Waals surface area contributed by atoms with Crippen LogP contribution in [0, 0.1) is 0 Å². The average molecular weight is 250 g/mol. The third kappa shape index (κ3) is 3.01. The van der Waals surface area contributed by atoms with Crippen molar-refractivity contribution in [3.8, 4) is 5.75 Å². The Hall–Kier alpha value is -1.55. The van der Waals surface area contributed by atoms with E-state index in [0.29, 0.717) is 17.9 Å². The quantitative estimate of drug-likeness (QED) is 0.811. The molecule has 0 unspecified atom stereocenters. The van der Waals surface area contributed by atoms with Crippen molar-refractivity contribution in [1.29, 1.82) is 0 Å². The van der Waals surface area contributed by atoms with E-state index >= 15 is 0 Å². The first-order valence-corrected chi connectivity index (χ1v) is 6.28. The molecule has 1 amide bonds. The summed E-state index contributed by atoms with van der Waals surface area (Å²) in [4.78, 5) is 12.3. The van der Waals surface area contributed by atoms with Gasteiger partial charge in [-0.25, -0.2) is 0 Å². The van der Waals surface area contributed by atoms with Crippen molar-refractivity contribution in [1.82, 2.24) is 5.32 Å². The zero-order chi connectivity index (χ0) is 13.6. The molecule has 0 aromatic heterocycles. The van der Waals surface area contributed by atoms with Crippen molar-refractivity contribution < 1.29 is 9.53 Å². The van der Waals surface area contributed by atoms with Gasteiger partial charge in [-0.15, -0.1) is 0 Å². The molecule has 0 aliphatic heterocycles. The van der Waals surface area contributed by atoms with Crippen LogP contribution in [-0.2, 0) is 0 Å². The van der Waals surface area contributed by atoms with E-state index in [0.717, 1.165) is 12.8 Å². The molecule has 0 aliphatic rings. The topological polar surface area (TPSA) is 64.3 Å². The molecule has 3 N–H and O–H groups in total. The maximum atomic E-state index is 12.3. The van der Waals surface area contributed by atoms with Crippen molar-refractivity contribution in [3.05, 3.63) is 29.8 Å². The summed E-state index contributed by atoms with van der Waals surface area (Å²) in [5.74, 6) is 0.440. The van der Waals surface area contributed by atoms with Crippen LogP contribution >= 0.6 is 0 Å². The number of rotatable bonds is 6. The summed E-state index contributed by atoms with van der Waals surface area (Å²) in [5, 5.41) is 3.03. The number of nitrogens with one attached hydrogen (secondary N) is 1. The summed E-state index contributed by atoms with van der Waals surface area (Å²) in [7, 11) is 1.56. The van der Waals surface area contributed by atoms with E-state index in [9.17, 15) is 4.79 Å². The number of amides is 1. The second kappa shape index (κ2) is 6.40. The Bertz CT molecular complexity index is 392. The van der Waals surface area contributed by atoms with Gasteiger partial charge in [0.2, 0.25) is 0 Å². The number of ether oxygens (including phenoxy) is 1. The minimum atomic E-state index is -0.335. The van der Waals surface area contributed by atoms with E-state index in [1.165, 1.54) is 0 Å². The fourth-order valence-electron chi connectivity index (χ4n) is 1.91. The minimum Gasteiger partial charge on any atom is -0.496 e. The first-order chi connectivity index (χ1) is 8.62. The molecule has 0 bridgehead atoms.